The first-order valence-electron chi connectivity index (χ1n) is 4.08. The zero-order valence-electron chi connectivity index (χ0n) is 7.84. The Morgan fingerprint density at radius 1 is 1.43 bits per heavy atom. The smallest absolute Gasteiger partial charge is 0.264 e. The van der Waals surface area contributed by atoms with E-state index in [2.05, 4.69) is 0 Å². The van der Waals surface area contributed by atoms with Gasteiger partial charge in [-0.05, 0) is 6.08 Å². The van der Waals surface area contributed by atoms with E-state index in [1.807, 2.05) is 0 Å². The minimum Gasteiger partial charge on any atom is -0.264 e. The lowest BCUT2D eigenvalue weighted by Gasteiger charge is -2.23. The fourth-order valence-corrected chi connectivity index (χ4v) is 1.24. The molecule has 0 saturated heterocycles. The van der Waals surface area contributed by atoms with E-state index in [0.29, 0.717) is 0 Å². The highest BCUT2D eigenvalue weighted by Crippen LogP contribution is 2.29. The van der Waals surface area contributed by atoms with Crippen LogP contribution < -0.4 is 0 Å². The molecule has 1 aliphatic rings. The zero-order valence-corrected chi connectivity index (χ0v) is 7.84. The lowest BCUT2D eigenvalue weighted by molar-refractivity contribution is -0.558. The van der Waals surface area contributed by atoms with Crippen molar-refractivity contribution in [3.63, 3.8) is 0 Å². The molecule has 2 unspecified atom stereocenters. The monoisotopic (exact) mass is 198 g/mol. The largest absolute Gasteiger partial charge is 0.265 e. The van der Waals surface area contributed by atoms with Gasteiger partial charge in [-0.3, -0.25) is 20.2 Å². The van der Waals surface area contributed by atoms with Gasteiger partial charge in [-0.2, -0.15) is 0 Å². The molecule has 1 aliphatic carbocycles. The summed E-state index contributed by atoms with van der Waals surface area (Å²) in [5, 5.41) is 21.1. The first kappa shape index (κ1) is 10.4. The van der Waals surface area contributed by atoms with Crippen molar-refractivity contribution in [3.8, 4) is 0 Å². The fourth-order valence-electron chi connectivity index (χ4n) is 1.24. The van der Waals surface area contributed by atoms with Gasteiger partial charge in [0.15, 0.2) is 0 Å². The van der Waals surface area contributed by atoms with Crippen molar-refractivity contribution in [2.24, 2.45) is 5.92 Å². The van der Waals surface area contributed by atoms with Gasteiger partial charge in [0.2, 0.25) is 5.54 Å². The molecule has 0 N–H and O–H groups in total. The van der Waals surface area contributed by atoms with Crippen molar-refractivity contribution < 1.29 is 9.85 Å². The number of rotatable bonds is 2. The highest BCUT2D eigenvalue weighted by atomic mass is 16.6. The standard InChI is InChI=1S/C8H10N2O4/c1-6-5-7(9(11)12)3-4-8(6,2)10(13)14/h3-6H,1-2H3. The molecule has 0 heterocycles. The summed E-state index contributed by atoms with van der Waals surface area (Å²) in [6.45, 7) is 3.04. The molecule has 14 heavy (non-hydrogen) atoms. The number of hydrogen-bond acceptors (Lipinski definition) is 4. The molecular formula is C8H10N2O4. The first-order valence-corrected chi connectivity index (χ1v) is 4.08. The van der Waals surface area contributed by atoms with Crippen LogP contribution in [0.1, 0.15) is 13.8 Å². The van der Waals surface area contributed by atoms with Crippen molar-refractivity contribution in [1.82, 2.24) is 0 Å². The van der Waals surface area contributed by atoms with Crippen molar-refractivity contribution in [1.29, 1.82) is 0 Å². The molecule has 0 aromatic rings. The lowest BCUT2D eigenvalue weighted by atomic mass is 9.83. The van der Waals surface area contributed by atoms with Crippen molar-refractivity contribution >= 4 is 0 Å². The van der Waals surface area contributed by atoms with Crippen molar-refractivity contribution in [2.75, 3.05) is 0 Å². The van der Waals surface area contributed by atoms with Crippen LogP contribution in [0.2, 0.25) is 0 Å². The maximum absolute atomic E-state index is 10.7. The number of allylic oxidation sites excluding steroid dienone is 1. The quantitative estimate of drug-likeness (QED) is 0.495. The summed E-state index contributed by atoms with van der Waals surface area (Å²) in [5.41, 5.74) is -1.32. The number of nitrogens with zero attached hydrogens (tertiary/aromatic N) is 2. The van der Waals surface area contributed by atoms with Crippen LogP contribution >= 0.6 is 0 Å². The molecule has 0 aliphatic heterocycles. The average molecular weight is 198 g/mol. The molecule has 6 heteroatoms. The Labute approximate surface area is 80.2 Å². The first-order chi connectivity index (χ1) is 6.38. The summed E-state index contributed by atoms with van der Waals surface area (Å²) in [4.78, 5) is 20.1. The van der Waals surface area contributed by atoms with Gasteiger partial charge in [0.1, 0.15) is 0 Å². The van der Waals surface area contributed by atoms with Gasteiger partial charge < -0.3 is 0 Å². The van der Waals surface area contributed by atoms with Crippen LogP contribution in [0.15, 0.2) is 23.9 Å². The molecule has 0 aromatic carbocycles. The van der Waals surface area contributed by atoms with E-state index >= 15 is 0 Å². The van der Waals surface area contributed by atoms with E-state index < -0.39 is 21.3 Å². The summed E-state index contributed by atoms with van der Waals surface area (Å²) in [5.74, 6) is -0.483. The molecular weight excluding hydrogens is 188 g/mol. The topological polar surface area (TPSA) is 86.3 Å². The summed E-state index contributed by atoms with van der Waals surface area (Å²) >= 11 is 0. The van der Waals surface area contributed by atoms with Gasteiger partial charge in [0.05, 0.1) is 10.8 Å². The molecule has 0 bridgehead atoms. The third-order valence-electron chi connectivity index (χ3n) is 2.54. The highest BCUT2D eigenvalue weighted by Gasteiger charge is 2.43. The van der Waals surface area contributed by atoms with Crippen LogP contribution in [0.3, 0.4) is 0 Å². The fraction of sp³-hybridized carbons (Fsp3) is 0.500. The normalized spacial score (nSPS) is 31.0. The Bertz CT molecular complexity index is 347. The summed E-state index contributed by atoms with van der Waals surface area (Å²) < 4.78 is 0. The third-order valence-corrected chi connectivity index (χ3v) is 2.54. The number of hydrogen-bond donors (Lipinski definition) is 0. The Kier molecular flexibility index (Phi) is 2.37. The highest BCUT2D eigenvalue weighted by molar-refractivity contribution is 5.24. The van der Waals surface area contributed by atoms with Crippen LogP contribution in [0.5, 0.6) is 0 Å². The SMILES string of the molecule is CC1C=C([N+](=O)[O-])C=CC1(C)[N+](=O)[O-]. The van der Waals surface area contributed by atoms with Gasteiger partial charge in [-0.25, -0.2) is 0 Å². The molecule has 2 atom stereocenters. The predicted octanol–water partition coefficient (Wildman–Crippen LogP) is 1.39. The van der Waals surface area contributed by atoms with Gasteiger partial charge in [-0.1, -0.05) is 6.92 Å². The van der Waals surface area contributed by atoms with Gasteiger partial charge in [-0.15, -0.1) is 0 Å². The van der Waals surface area contributed by atoms with E-state index in [0.717, 1.165) is 0 Å². The van der Waals surface area contributed by atoms with Crippen LogP contribution in [-0.4, -0.2) is 15.4 Å². The van der Waals surface area contributed by atoms with Crippen LogP contribution in [0.4, 0.5) is 0 Å². The van der Waals surface area contributed by atoms with Crippen LogP contribution in [-0.2, 0) is 0 Å². The summed E-state index contributed by atoms with van der Waals surface area (Å²) in [6, 6.07) is 0. The molecule has 0 amide bonds. The van der Waals surface area contributed by atoms with Gasteiger partial charge in [0.25, 0.3) is 5.70 Å². The second-order valence-corrected chi connectivity index (χ2v) is 3.45. The van der Waals surface area contributed by atoms with Crippen molar-refractivity contribution in [2.45, 2.75) is 19.4 Å². The zero-order chi connectivity index (χ0) is 10.9. The molecule has 0 aromatic heterocycles. The van der Waals surface area contributed by atoms with E-state index in [-0.39, 0.29) is 5.70 Å². The Balaban J connectivity index is 3.02. The van der Waals surface area contributed by atoms with Crippen molar-refractivity contribution in [3.05, 3.63) is 44.2 Å². The maximum Gasteiger partial charge on any atom is 0.265 e. The van der Waals surface area contributed by atoms with E-state index in [9.17, 15) is 20.2 Å². The third kappa shape index (κ3) is 1.50. The number of nitro groups is 2. The molecule has 0 spiro atoms. The molecule has 6 nitrogen and oxygen atoms in total. The van der Waals surface area contributed by atoms with E-state index in [1.54, 1.807) is 6.92 Å². The van der Waals surface area contributed by atoms with E-state index in [1.165, 1.54) is 25.2 Å². The lowest BCUT2D eigenvalue weighted by Crippen LogP contribution is -2.40. The second-order valence-electron chi connectivity index (χ2n) is 3.45. The summed E-state index contributed by atoms with van der Waals surface area (Å²) in [7, 11) is 0. The van der Waals surface area contributed by atoms with Gasteiger partial charge in [0, 0.05) is 24.0 Å². The minimum absolute atomic E-state index is 0.0863. The maximum atomic E-state index is 10.7. The molecule has 76 valence electrons. The Morgan fingerprint density at radius 2 is 2.00 bits per heavy atom. The van der Waals surface area contributed by atoms with Gasteiger partial charge >= 0.3 is 0 Å². The molecule has 1 rings (SSSR count). The van der Waals surface area contributed by atoms with Crippen LogP contribution in [0, 0.1) is 26.1 Å². The van der Waals surface area contributed by atoms with Crippen LogP contribution in [0.25, 0.3) is 0 Å². The average Bonchev–Trinajstić information content (AvgIpc) is 2.09. The second kappa shape index (κ2) is 3.21. The predicted molar refractivity (Wildman–Crippen MR) is 48.8 cm³/mol. The molecule has 0 fully saturated rings. The molecule has 0 radical (unpaired) electrons. The Morgan fingerprint density at radius 3 is 2.36 bits per heavy atom. The Hall–Kier alpha value is -1.72. The summed E-state index contributed by atoms with van der Waals surface area (Å²) in [6.07, 6.45) is 3.77. The van der Waals surface area contributed by atoms with E-state index in [4.69, 9.17) is 0 Å². The molecule has 0 saturated carbocycles. The minimum atomic E-state index is -1.24.